The van der Waals surface area contributed by atoms with Gasteiger partial charge in [0.05, 0.1) is 0 Å². The molecule has 0 unspecified atom stereocenters. The minimum atomic E-state index is -8.93. The largest absolute Gasteiger partial charge is 1.00 e. The normalized spacial score (nSPS) is 30.0. The van der Waals surface area contributed by atoms with Gasteiger partial charge in [-0.05, 0) is 0 Å². The topological polar surface area (TPSA) is 105 Å². The second-order valence-corrected chi connectivity index (χ2v) is 9.45. The average molecular weight is 365 g/mol. The third-order valence-electron chi connectivity index (χ3n) is 1.51. The van der Waals surface area contributed by atoms with E-state index < -0.39 is 37.3 Å². The van der Waals surface area contributed by atoms with Crippen LogP contribution in [-0.4, -0.2) is 37.3 Å². The van der Waals surface area contributed by atoms with E-state index in [1.165, 1.54) is 0 Å². The molecule has 2 aliphatic rings. The van der Waals surface area contributed by atoms with Gasteiger partial charge in [0, 0.05) is 0 Å². The Kier molecular flexibility index (Phi) is 4.96. The number of halogens is 2. The van der Waals surface area contributed by atoms with Gasteiger partial charge in [-0.15, -0.1) is 0 Å². The molecule has 0 radical (unpaired) electrons. The fourth-order valence-electron chi connectivity index (χ4n) is 1.03. The Morgan fingerprint density at radius 2 is 0.824 bits per heavy atom. The molecule has 0 aromatic rings. The average Bonchev–Trinajstić information content (AvgIpc) is 2.29. The predicted octanol–water partition coefficient (Wildman–Crippen LogP) is -7.53. The molecule has 0 bridgehead atoms. The maximum Gasteiger partial charge on any atom is 1.00 e. The van der Waals surface area contributed by atoms with E-state index >= 15 is 0 Å². The van der Waals surface area contributed by atoms with E-state index in [0.29, 0.717) is 0 Å². The molecule has 2 fully saturated rings. The van der Waals surface area contributed by atoms with Gasteiger partial charge in [0.2, 0.25) is 0 Å². The Morgan fingerprint density at radius 3 is 1.00 bits per heavy atom. The summed E-state index contributed by atoms with van der Waals surface area (Å²) in [5, 5.41) is 0. The van der Waals surface area contributed by atoms with Gasteiger partial charge in [-0.3, -0.25) is 0 Å². The van der Waals surface area contributed by atoms with Crippen LogP contribution in [0.15, 0.2) is 0 Å². The van der Waals surface area contributed by atoms with Gasteiger partial charge >= 0.3 is 181 Å². The fourth-order valence-corrected chi connectivity index (χ4v) is 5.33. The molecule has 0 aliphatic carbocycles. The van der Waals surface area contributed by atoms with Crippen LogP contribution >= 0.6 is 0 Å². The quantitative estimate of drug-likeness (QED) is 0.308. The summed E-state index contributed by atoms with van der Waals surface area (Å²) in [6.07, 6.45) is 0. The molecule has 1 spiro atoms. The van der Waals surface area contributed by atoms with E-state index in [9.17, 15) is 26.2 Å². The van der Waals surface area contributed by atoms with E-state index in [1.807, 2.05) is 0 Å². The summed E-state index contributed by atoms with van der Waals surface area (Å²) in [5.41, 5.74) is 0. The summed E-state index contributed by atoms with van der Waals surface area (Å²) in [4.78, 5) is 41.8. The number of hydrogen-bond acceptors (Lipinski definition) is 8. The van der Waals surface area contributed by atoms with Crippen LogP contribution < -0.4 is 103 Å². The molecule has 2 heterocycles. The van der Waals surface area contributed by atoms with Gasteiger partial charge < -0.3 is 0 Å². The molecule has 2 aliphatic heterocycles. The second-order valence-electron chi connectivity index (χ2n) is 2.75. The first kappa shape index (κ1) is 18.6. The predicted molar refractivity (Wildman–Crippen MR) is 32.3 cm³/mol. The van der Waals surface area contributed by atoms with E-state index in [2.05, 4.69) is 15.1 Å². The van der Waals surface area contributed by atoms with E-state index in [1.54, 1.807) is 0 Å². The van der Waals surface area contributed by atoms with E-state index in [4.69, 9.17) is 0 Å². The molecule has 0 aromatic carbocycles. The zero-order valence-corrected chi connectivity index (χ0v) is 16.9. The van der Waals surface area contributed by atoms with Crippen molar-refractivity contribution in [2.45, 2.75) is 0 Å². The van der Waals surface area contributed by atoms with Crippen molar-refractivity contribution in [2.24, 2.45) is 0 Å². The van der Waals surface area contributed by atoms with Crippen LogP contribution in [0, 0.1) is 0 Å². The summed E-state index contributed by atoms with van der Waals surface area (Å²) in [7, 11) is 0. The first-order valence-electron chi connectivity index (χ1n) is 3.33. The van der Waals surface area contributed by atoms with Gasteiger partial charge in [-0.1, -0.05) is 0 Å². The first-order valence-corrected chi connectivity index (χ1v) is 8.34. The Balaban J connectivity index is 0.00000128. The zero-order chi connectivity index (χ0) is 11.5. The Morgan fingerprint density at radius 1 is 0.647 bits per heavy atom. The summed E-state index contributed by atoms with van der Waals surface area (Å²) < 4.78 is 40.5. The molecule has 8 nitrogen and oxygen atoms in total. The molecular formula is C4F2GeK2O8. The van der Waals surface area contributed by atoms with Crippen LogP contribution in [-0.2, 0) is 34.2 Å². The van der Waals surface area contributed by atoms with Crippen molar-refractivity contribution in [3.63, 3.8) is 0 Å². The summed E-state index contributed by atoms with van der Waals surface area (Å²) in [6.45, 7) is 0. The number of rotatable bonds is 0. The molecule has 0 saturated carbocycles. The van der Waals surface area contributed by atoms with Gasteiger partial charge in [-0.25, -0.2) is 0 Å². The van der Waals surface area contributed by atoms with Crippen molar-refractivity contribution in [3.8, 4) is 0 Å². The maximum atomic E-state index is 13.7. The van der Waals surface area contributed by atoms with Crippen LogP contribution in [0.1, 0.15) is 0 Å². The van der Waals surface area contributed by atoms with Gasteiger partial charge in [0.1, 0.15) is 0 Å². The van der Waals surface area contributed by atoms with Crippen molar-refractivity contribution < 1.29 is 144 Å². The summed E-state index contributed by atoms with van der Waals surface area (Å²) in [6, 6.07) is 0. The number of carbonyl (C=O) groups excluding carboxylic acids is 4. The fraction of sp³-hybridized carbons (Fsp3) is 0. The van der Waals surface area contributed by atoms with Crippen LogP contribution in [0.5, 0.6) is 0 Å². The molecule has 0 atom stereocenters. The smallest absolute Gasteiger partial charge is 1.00 e. The second kappa shape index (κ2) is 4.54. The zero-order valence-electron chi connectivity index (χ0n) is 8.52. The molecule has 0 aromatic heterocycles. The van der Waals surface area contributed by atoms with Crippen molar-refractivity contribution in [3.05, 3.63) is 0 Å². The van der Waals surface area contributed by atoms with Crippen LogP contribution in [0.3, 0.4) is 0 Å². The minimum Gasteiger partial charge on any atom is 1.00 e. The van der Waals surface area contributed by atoms with Crippen molar-refractivity contribution in [1.29, 1.82) is 0 Å². The first-order chi connectivity index (χ1) is 6.58. The SMILES string of the molecule is O=C1[O][Ge-2]2([F])([F])([O]C1=O)[O]C(=O)C(=O)[O]2.[K+].[K+]. The molecule has 84 valence electrons. The molecule has 0 amide bonds. The third kappa shape index (κ3) is 3.01. The monoisotopic (exact) mass is 366 g/mol. The number of carbonyl (C=O) groups is 4. The van der Waals surface area contributed by atoms with Gasteiger partial charge in [-0.2, -0.15) is 0 Å². The maximum absolute atomic E-state index is 13.7. The van der Waals surface area contributed by atoms with Crippen LogP contribution in [0.25, 0.3) is 0 Å². The molecule has 2 saturated heterocycles. The molecule has 0 N–H and O–H groups in total. The van der Waals surface area contributed by atoms with Crippen molar-refractivity contribution in [1.82, 2.24) is 0 Å². The Hall–Kier alpha value is 1.56. The van der Waals surface area contributed by atoms with Crippen molar-refractivity contribution >= 4 is 37.3 Å². The molecular weight excluding hydrogens is 365 g/mol. The molecule has 13 heteroatoms. The third-order valence-corrected chi connectivity index (χ3v) is 6.46. The Bertz CT molecular complexity index is 389. The standard InChI is InChI=1S/C4F2GeO8.2K/c5-7(6,12-1(8)2(9)13-7)14-3(10)4(11)15-7;;/q-2;2*+1. The summed E-state index contributed by atoms with van der Waals surface area (Å²) >= 11 is -8.93. The van der Waals surface area contributed by atoms with E-state index in [0.717, 1.165) is 0 Å². The van der Waals surface area contributed by atoms with Crippen molar-refractivity contribution in [2.75, 3.05) is 0 Å². The minimum absolute atomic E-state index is 0. The Labute approximate surface area is 177 Å². The van der Waals surface area contributed by atoms with Crippen LogP contribution in [0.2, 0.25) is 0 Å². The molecule has 2 rings (SSSR count). The van der Waals surface area contributed by atoms with Crippen LogP contribution in [0.4, 0.5) is 7.00 Å². The number of hydrogen-bond donors (Lipinski definition) is 0. The van der Waals surface area contributed by atoms with E-state index in [-0.39, 0.29) is 103 Å². The van der Waals surface area contributed by atoms with Gasteiger partial charge in [0.15, 0.2) is 0 Å². The molecule has 17 heavy (non-hydrogen) atoms. The van der Waals surface area contributed by atoms with Gasteiger partial charge in [0.25, 0.3) is 0 Å². The summed E-state index contributed by atoms with van der Waals surface area (Å²) in [5.74, 6) is -8.36.